The Balaban J connectivity index is 1.54. The Morgan fingerprint density at radius 2 is 2.27 bits per heavy atom. The summed E-state index contributed by atoms with van der Waals surface area (Å²) in [7, 11) is 0. The van der Waals surface area contributed by atoms with Crippen LogP contribution >= 0.6 is 11.3 Å². The first kappa shape index (κ1) is 17.7. The Morgan fingerprint density at radius 1 is 1.46 bits per heavy atom. The van der Waals surface area contributed by atoms with Crippen molar-refractivity contribution in [3.63, 3.8) is 0 Å². The zero-order valence-corrected chi connectivity index (χ0v) is 16.1. The number of nitrogens with one attached hydrogen (secondary N) is 1. The van der Waals surface area contributed by atoms with Gasteiger partial charge in [-0.2, -0.15) is 0 Å². The Hall–Kier alpha value is -1.70. The van der Waals surface area contributed by atoms with Gasteiger partial charge in [0.15, 0.2) is 0 Å². The minimum atomic E-state index is -0.346. The maximum Gasteiger partial charge on any atom is 0.249 e. The molecule has 140 valence electrons. The van der Waals surface area contributed by atoms with E-state index >= 15 is 0 Å². The number of hydrogen-bond donors (Lipinski definition) is 2. The highest BCUT2D eigenvalue weighted by molar-refractivity contribution is 7.10. The number of carbonyl (C=O) groups excluding carboxylic acids is 1. The highest BCUT2D eigenvalue weighted by Gasteiger charge is 2.56. The summed E-state index contributed by atoms with van der Waals surface area (Å²) in [4.78, 5) is 19.8. The quantitative estimate of drug-likeness (QED) is 0.780. The highest BCUT2D eigenvalue weighted by atomic mass is 32.1. The third kappa shape index (κ3) is 3.43. The van der Waals surface area contributed by atoms with Gasteiger partial charge in [-0.15, -0.1) is 11.3 Å². The lowest BCUT2D eigenvalue weighted by Crippen LogP contribution is -2.36. The third-order valence-corrected chi connectivity index (χ3v) is 6.89. The molecule has 1 saturated heterocycles. The van der Waals surface area contributed by atoms with Crippen molar-refractivity contribution in [2.24, 2.45) is 11.1 Å². The van der Waals surface area contributed by atoms with Crippen LogP contribution in [-0.4, -0.2) is 39.5 Å². The van der Waals surface area contributed by atoms with Crippen molar-refractivity contribution in [3.8, 4) is 0 Å². The molecule has 0 aromatic carbocycles. The van der Waals surface area contributed by atoms with Crippen LogP contribution in [0.4, 0.5) is 0 Å². The molecule has 1 aliphatic carbocycles. The molecule has 1 atom stereocenters. The first-order valence-corrected chi connectivity index (χ1v) is 10.3. The van der Waals surface area contributed by atoms with Gasteiger partial charge in [0.1, 0.15) is 5.82 Å². The smallest absolute Gasteiger partial charge is 0.249 e. The van der Waals surface area contributed by atoms with Crippen molar-refractivity contribution in [1.29, 1.82) is 0 Å². The van der Waals surface area contributed by atoms with Crippen LogP contribution in [-0.2, 0) is 19.6 Å². The predicted octanol–water partition coefficient (Wildman–Crippen LogP) is 2.21. The molecule has 2 fully saturated rings. The number of nitrogens with zero attached hydrogens (tertiary/aromatic N) is 3. The Labute approximate surface area is 158 Å². The lowest BCUT2D eigenvalue weighted by atomic mass is 9.93. The summed E-state index contributed by atoms with van der Waals surface area (Å²) in [5.74, 6) is 0.775. The molecule has 2 aromatic heterocycles. The Bertz CT molecular complexity index is 776. The van der Waals surface area contributed by atoms with Gasteiger partial charge in [0.05, 0.1) is 12.1 Å². The minimum Gasteiger partial charge on any atom is -0.366 e. The average molecular weight is 374 g/mol. The first-order chi connectivity index (χ1) is 12.6. The molecule has 0 radical (unpaired) electrons. The molecule has 1 saturated carbocycles. The van der Waals surface area contributed by atoms with Gasteiger partial charge >= 0.3 is 0 Å². The van der Waals surface area contributed by atoms with Crippen LogP contribution in [0.3, 0.4) is 0 Å². The van der Waals surface area contributed by atoms with E-state index in [2.05, 4.69) is 32.9 Å². The molecule has 26 heavy (non-hydrogen) atoms. The average Bonchev–Trinajstić information content (AvgIpc) is 3.02. The lowest BCUT2D eigenvalue weighted by molar-refractivity contribution is 0.100. The molecule has 2 aliphatic rings. The molecule has 2 aromatic rings. The third-order valence-electron chi connectivity index (χ3n) is 5.97. The van der Waals surface area contributed by atoms with E-state index in [1.54, 1.807) is 11.3 Å². The monoisotopic (exact) mass is 373 g/mol. The van der Waals surface area contributed by atoms with Crippen molar-refractivity contribution < 1.29 is 4.79 Å². The van der Waals surface area contributed by atoms with E-state index in [9.17, 15) is 4.79 Å². The van der Waals surface area contributed by atoms with E-state index in [4.69, 9.17) is 5.73 Å². The van der Waals surface area contributed by atoms with Gasteiger partial charge in [0.25, 0.3) is 0 Å². The molecule has 1 aliphatic heterocycles. The van der Waals surface area contributed by atoms with Gasteiger partial charge in [0.2, 0.25) is 5.91 Å². The highest BCUT2D eigenvalue weighted by Crippen LogP contribution is 2.56. The van der Waals surface area contributed by atoms with Crippen molar-refractivity contribution in [2.75, 3.05) is 13.1 Å². The molecule has 1 amide bonds. The number of imidazole rings is 1. The standard InChI is InChI=1S/C19H27N5OS/c1-2-23-8-7-22-17(23)12-24(11-15-9-14(13-26-15)18(20)25)16-10-19(16)3-5-21-6-4-19/h7-9,13,16,21H,2-6,10-12H2,1H3,(H2,20,25)/t16-/m0/s1. The normalized spacial score (nSPS) is 21.4. The van der Waals surface area contributed by atoms with E-state index in [1.807, 2.05) is 17.6 Å². The number of aryl methyl sites for hydroxylation is 1. The molecule has 4 rings (SSSR count). The van der Waals surface area contributed by atoms with Crippen LogP contribution in [0.2, 0.25) is 0 Å². The summed E-state index contributed by atoms with van der Waals surface area (Å²) in [6, 6.07) is 2.55. The van der Waals surface area contributed by atoms with Crippen molar-refractivity contribution in [2.45, 2.75) is 51.9 Å². The predicted molar refractivity (Wildman–Crippen MR) is 103 cm³/mol. The fourth-order valence-electron chi connectivity index (χ4n) is 4.34. The van der Waals surface area contributed by atoms with Crippen LogP contribution in [0.25, 0.3) is 0 Å². The molecular weight excluding hydrogens is 346 g/mol. The van der Waals surface area contributed by atoms with Crippen molar-refractivity contribution in [1.82, 2.24) is 19.8 Å². The second-order valence-corrected chi connectivity index (χ2v) is 8.53. The fourth-order valence-corrected chi connectivity index (χ4v) is 5.23. The molecular formula is C19H27N5OS. The second-order valence-electron chi connectivity index (χ2n) is 7.53. The second kappa shape index (κ2) is 7.13. The maximum absolute atomic E-state index is 11.4. The summed E-state index contributed by atoms with van der Waals surface area (Å²) in [6.45, 7) is 7.05. The minimum absolute atomic E-state index is 0.346. The van der Waals surface area contributed by atoms with E-state index in [0.29, 0.717) is 17.0 Å². The summed E-state index contributed by atoms with van der Waals surface area (Å²) in [6.07, 6.45) is 7.73. The van der Waals surface area contributed by atoms with E-state index < -0.39 is 0 Å². The largest absolute Gasteiger partial charge is 0.366 e. The van der Waals surface area contributed by atoms with Crippen LogP contribution in [0, 0.1) is 5.41 Å². The molecule has 1 spiro atoms. The van der Waals surface area contributed by atoms with Gasteiger partial charge in [-0.1, -0.05) is 0 Å². The number of carbonyl (C=O) groups is 1. The van der Waals surface area contributed by atoms with E-state index in [1.165, 1.54) is 24.1 Å². The van der Waals surface area contributed by atoms with Crippen LogP contribution in [0.1, 0.15) is 47.2 Å². The first-order valence-electron chi connectivity index (χ1n) is 9.43. The number of hydrogen-bond acceptors (Lipinski definition) is 5. The summed E-state index contributed by atoms with van der Waals surface area (Å²) in [5.41, 5.74) is 6.51. The molecule has 0 unspecified atom stereocenters. The molecule has 3 N–H and O–H groups in total. The Morgan fingerprint density at radius 3 is 2.96 bits per heavy atom. The number of aromatic nitrogens is 2. The van der Waals surface area contributed by atoms with Crippen LogP contribution < -0.4 is 11.1 Å². The lowest BCUT2D eigenvalue weighted by Gasteiger charge is -2.29. The summed E-state index contributed by atoms with van der Waals surface area (Å²) < 4.78 is 2.22. The molecule has 0 bridgehead atoms. The maximum atomic E-state index is 11.4. The SMILES string of the molecule is CCn1ccnc1CN(Cc1cc(C(N)=O)cs1)[C@H]1CC12CCNCC2. The Kier molecular flexibility index (Phi) is 4.86. The van der Waals surface area contributed by atoms with Gasteiger partial charge in [-0.25, -0.2) is 4.98 Å². The number of primary amides is 1. The summed E-state index contributed by atoms with van der Waals surface area (Å²) >= 11 is 1.63. The zero-order valence-electron chi connectivity index (χ0n) is 15.3. The molecule has 3 heterocycles. The van der Waals surface area contributed by atoms with Crippen molar-refractivity contribution >= 4 is 17.2 Å². The van der Waals surface area contributed by atoms with E-state index in [0.717, 1.165) is 38.5 Å². The number of nitrogens with two attached hydrogens (primary N) is 1. The topological polar surface area (TPSA) is 76.2 Å². The van der Waals surface area contributed by atoms with Gasteiger partial charge < -0.3 is 15.6 Å². The summed E-state index contributed by atoms with van der Waals surface area (Å²) in [5, 5.41) is 5.36. The van der Waals surface area contributed by atoms with Gasteiger partial charge in [0, 0.05) is 41.8 Å². The molecule has 7 heteroatoms. The number of thiophene rings is 1. The van der Waals surface area contributed by atoms with Crippen molar-refractivity contribution in [3.05, 3.63) is 40.1 Å². The molecule has 6 nitrogen and oxygen atoms in total. The fraction of sp³-hybridized carbons (Fsp3) is 0.579. The van der Waals surface area contributed by atoms with E-state index in [-0.39, 0.29) is 5.91 Å². The van der Waals surface area contributed by atoms with Gasteiger partial charge in [-0.05, 0) is 50.8 Å². The number of amides is 1. The number of piperidine rings is 1. The van der Waals surface area contributed by atoms with Crippen LogP contribution in [0.15, 0.2) is 23.8 Å². The number of rotatable bonds is 7. The van der Waals surface area contributed by atoms with Crippen LogP contribution in [0.5, 0.6) is 0 Å². The van der Waals surface area contributed by atoms with Gasteiger partial charge in [-0.3, -0.25) is 9.69 Å². The zero-order chi connectivity index (χ0) is 18.1.